The Morgan fingerprint density at radius 3 is 1.85 bits per heavy atom. The van der Waals surface area contributed by atoms with Gasteiger partial charge in [-0.1, -0.05) is 32.1 Å². The molecule has 0 aliphatic carbocycles. The zero-order valence-corrected chi connectivity index (χ0v) is 21.9. The molecule has 4 rings (SSSR count). The molecule has 0 aliphatic rings. The third-order valence-corrected chi connectivity index (χ3v) is 5.29. The van der Waals surface area contributed by atoms with E-state index in [4.69, 9.17) is 9.72 Å². The smallest absolute Gasteiger partial charge is 0.213 e. The number of ether oxygens (including phenoxy) is 1. The number of aryl methyl sites for hydroxylation is 4. The first kappa shape index (κ1) is 26.7. The van der Waals surface area contributed by atoms with Gasteiger partial charge in [0.25, 0.3) is 0 Å². The fourth-order valence-electron chi connectivity index (χ4n) is 3.82. The summed E-state index contributed by atoms with van der Waals surface area (Å²) in [6.45, 7) is 17.7. The Balaban J connectivity index is 0.000000758. The van der Waals surface area contributed by atoms with E-state index in [1.165, 1.54) is 11.4 Å². The van der Waals surface area contributed by atoms with E-state index >= 15 is 0 Å². The lowest BCUT2D eigenvalue weighted by Gasteiger charge is -2.17. The van der Waals surface area contributed by atoms with Crippen LogP contribution in [0.25, 0.3) is 11.6 Å². The molecule has 180 valence electrons. The van der Waals surface area contributed by atoms with Crippen molar-refractivity contribution in [1.82, 2.24) is 19.1 Å². The van der Waals surface area contributed by atoms with Crippen LogP contribution in [0.1, 0.15) is 54.8 Å². The number of hydrogen-bond acceptors (Lipinski definition) is 3. The molecule has 0 aromatic carbocycles. The number of methoxy groups -OCH3 is 1. The molecule has 0 saturated carbocycles. The minimum absolute atomic E-state index is 0.626. The molecule has 5 heteroatoms. The first-order valence-electron chi connectivity index (χ1n) is 11.8. The average molecular weight is 459 g/mol. The summed E-state index contributed by atoms with van der Waals surface area (Å²) < 4.78 is 9.69. The van der Waals surface area contributed by atoms with E-state index in [2.05, 4.69) is 84.8 Å². The Morgan fingerprint density at radius 1 is 0.794 bits per heavy atom. The topological polar surface area (TPSA) is 44.9 Å². The van der Waals surface area contributed by atoms with Crippen LogP contribution in [0.5, 0.6) is 5.88 Å². The number of aromatic nitrogens is 4. The molecule has 0 fully saturated rings. The third-order valence-electron chi connectivity index (χ3n) is 5.29. The predicted octanol–water partition coefficient (Wildman–Crippen LogP) is 7.11. The maximum Gasteiger partial charge on any atom is 0.213 e. The molecule has 0 saturated heterocycles. The summed E-state index contributed by atoms with van der Waals surface area (Å²) in [6, 6.07) is 18.6. The highest BCUT2D eigenvalue weighted by Crippen LogP contribution is 2.24. The van der Waals surface area contributed by atoms with Gasteiger partial charge < -0.3 is 13.9 Å². The molecule has 0 unspecified atom stereocenters. The van der Waals surface area contributed by atoms with E-state index in [0.29, 0.717) is 12.3 Å². The van der Waals surface area contributed by atoms with Gasteiger partial charge in [-0.3, -0.25) is 0 Å². The van der Waals surface area contributed by atoms with Crippen molar-refractivity contribution in [2.45, 2.75) is 54.9 Å². The van der Waals surface area contributed by atoms with Crippen molar-refractivity contribution >= 4 is 0 Å². The SMILES string of the molecule is C=CC.CC.COc1cccc(Cc2ccc(-n3c(C)ccc3C)nc2-n2c(C)ccc2C)n1. The Labute approximate surface area is 204 Å². The van der Waals surface area contributed by atoms with Crippen molar-refractivity contribution in [2.75, 3.05) is 7.11 Å². The molecule has 0 aliphatic heterocycles. The Kier molecular flexibility index (Phi) is 9.87. The van der Waals surface area contributed by atoms with E-state index in [1.807, 2.05) is 39.0 Å². The lowest BCUT2D eigenvalue weighted by atomic mass is 10.1. The van der Waals surface area contributed by atoms with Crippen molar-refractivity contribution < 1.29 is 4.74 Å². The minimum atomic E-state index is 0.626. The van der Waals surface area contributed by atoms with Crippen molar-refractivity contribution in [3.8, 4) is 17.5 Å². The number of allylic oxidation sites excluding steroid dienone is 1. The molecule has 0 bridgehead atoms. The third kappa shape index (κ3) is 6.04. The summed E-state index contributed by atoms with van der Waals surface area (Å²) in [4.78, 5) is 9.70. The maximum atomic E-state index is 5.29. The summed E-state index contributed by atoms with van der Waals surface area (Å²) in [5.41, 5.74) is 6.74. The van der Waals surface area contributed by atoms with Gasteiger partial charge in [0.05, 0.1) is 7.11 Å². The number of rotatable bonds is 5. The molecule has 0 radical (unpaired) electrons. The molecule has 0 atom stereocenters. The van der Waals surface area contributed by atoms with Crippen LogP contribution in [-0.4, -0.2) is 26.2 Å². The second-order valence-electron chi connectivity index (χ2n) is 7.81. The second-order valence-corrected chi connectivity index (χ2v) is 7.81. The fraction of sp³-hybridized carbons (Fsp3) is 0.310. The van der Waals surface area contributed by atoms with Crippen LogP contribution in [0.15, 0.2) is 67.3 Å². The van der Waals surface area contributed by atoms with Crippen LogP contribution in [0.2, 0.25) is 0 Å². The lowest BCUT2D eigenvalue weighted by Crippen LogP contribution is -2.11. The number of nitrogens with zero attached hydrogens (tertiary/aromatic N) is 4. The summed E-state index contributed by atoms with van der Waals surface area (Å²) >= 11 is 0. The quantitative estimate of drug-likeness (QED) is 0.299. The van der Waals surface area contributed by atoms with E-state index in [1.54, 1.807) is 13.2 Å². The maximum absolute atomic E-state index is 5.29. The Bertz CT molecular complexity index is 1180. The van der Waals surface area contributed by atoms with Crippen molar-refractivity contribution in [3.63, 3.8) is 0 Å². The average Bonchev–Trinajstić information content (AvgIpc) is 3.36. The zero-order valence-electron chi connectivity index (χ0n) is 21.9. The van der Waals surface area contributed by atoms with Gasteiger partial charge in [-0.25, -0.2) is 9.97 Å². The highest BCUT2D eigenvalue weighted by molar-refractivity contribution is 5.46. The fourth-order valence-corrected chi connectivity index (χ4v) is 3.82. The van der Waals surface area contributed by atoms with Gasteiger partial charge in [-0.15, -0.1) is 6.58 Å². The molecule has 5 nitrogen and oxygen atoms in total. The lowest BCUT2D eigenvalue weighted by molar-refractivity contribution is 0.396. The molecule has 0 amide bonds. The van der Waals surface area contributed by atoms with E-state index in [0.717, 1.165) is 34.3 Å². The van der Waals surface area contributed by atoms with Crippen LogP contribution < -0.4 is 4.74 Å². The molecule has 0 spiro atoms. The van der Waals surface area contributed by atoms with Crippen LogP contribution in [-0.2, 0) is 6.42 Å². The summed E-state index contributed by atoms with van der Waals surface area (Å²) in [5.74, 6) is 2.50. The second kappa shape index (κ2) is 12.6. The van der Waals surface area contributed by atoms with Gasteiger partial charge in [0, 0.05) is 46.5 Å². The van der Waals surface area contributed by atoms with Crippen LogP contribution in [0.4, 0.5) is 0 Å². The largest absolute Gasteiger partial charge is 0.481 e. The molecule has 4 aromatic rings. The summed E-state index contributed by atoms with van der Waals surface area (Å²) in [5, 5.41) is 0. The molecule has 34 heavy (non-hydrogen) atoms. The van der Waals surface area contributed by atoms with E-state index < -0.39 is 0 Å². The first-order chi connectivity index (χ1) is 16.4. The highest BCUT2D eigenvalue weighted by Gasteiger charge is 2.15. The molecular weight excluding hydrogens is 420 g/mol. The van der Waals surface area contributed by atoms with Gasteiger partial charge in [-0.2, -0.15) is 0 Å². The molecule has 0 N–H and O–H groups in total. The van der Waals surface area contributed by atoms with Crippen molar-refractivity contribution in [3.05, 3.63) is 101 Å². The van der Waals surface area contributed by atoms with E-state index in [-0.39, 0.29) is 0 Å². The standard InChI is InChI=1S/C24H26N4O.C3H6.C2H6/c1-16-9-10-17(2)27(16)22-14-13-20(15-21-7-6-8-23(25-21)29-5)24(26-22)28-18(3)11-12-19(28)4;1-3-2;1-2/h6-14H,15H2,1-5H3;3H,1H2,2H3;1-2H3. The van der Waals surface area contributed by atoms with Crippen molar-refractivity contribution in [2.24, 2.45) is 0 Å². The van der Waals surface area contributed by atoms with Crippen molar-refractivity contribution in [1.29, 1.82) is 0 Å². The Morgan fingerprint density at radius 2 is 1.32 bits per heavy atom. The normalized spacial score (nSPS) is 10.0. The monoisotopic (exact) mass is 458 g/mol. The molecule has 4 heterocycles. The van der Waals surface area contributed by atoms with Gasteiger partial charge in [0.15, 0.2) is 0 Å². The van der Waals surface area contributed by atoms with Crippen LogP contribution >= 0.6 is 0 Å². The van der Waals surface area contributed by atoms with Gasteiger partial charge in [-0.05, 0) is 71.0 Å². The van der Waals surface area contributed by atoms with Gasteiger partial charge in [0.2, 0.25) is 5.88 Å². The first-order valence-corrected chi connectivity index (χ1v) is 11.8. The van der Waals surface area contributed by atoms with Crippen LogP contribution in [0.3, 0.4) is 0 Å². The molecular formula is C29H38N4O. The highest BCUT2D eigenvalue weighted by atomic mass is 16.5. The Hall–Kier alpha value is -3.60. The van der Waals surface area contributed by atoms with E-state index in [9.17, 15) is 0 Å². The minimum Gasteiger partial charge on any atom is -0.481 e. The zero-order chi connectivity index (χ0) is 25.3. The summed E-state index contributed by atoms with van der Waals surface area (Å²) in [6.07, 6.45) is 2.43. The van der Waals surface area contributed by atoms with Crippen LogP contribution in [0, 0.1) is 27.7 Å². The number of hydrogen-bond donors (Lipinski definition) is 0. The number of pyridine rings is 2. The predicted molar refractivity (Wildman–Crippen MR) is 143 cm³/mol. The molecule has 4 aromatic heterocycles. The van der Waals surface area contributed by atoms with Gasteiger partial charge in [0.1, 0.15) is 11.6 Å². The summed E-state index contributed by atoms with van der Waals surface area (Å²) in [7, 11) is 1.64. The van der Waals surface area contributed by atoms with Gasteiger partial charge >= 0.3 is 0 Å².